The highest BCUT2D eigenvalue weighted by Crippen LogP contribution is 2.28. The van der Waals surface area contributed by atoms with Crippen LogP contribution in [0.2, 0.25) is 0 Å². The number of nitrogens with two attached hydrogens (primary N) is 1. The zero-order chi connectivity index (χ0) is 9.68. The molecule has 1 fully saturated rings. The van der Waals surface area contributed by atoms with Crippen molar-refractivity contribution in [2.45, 2.75) is 32.1 Å². The Kier molecular flexibility index (Phi) is 3.96. The van der Waals surface area contributed by atoms with Gasteiger partial charge in [0.1, 0.15) is 0 Å². The van der Waals surface area contributed by atoms with E-state index in [0.29, 0.717) is 6.54 Å². The second kappa shape index (κ2) is 5.02. The molecule has 0 aromatic rings. The predicted molar refractivity (Wildman–Crippen MR) is 51.3 cm³/mol. The second-order valence-corrected chi connectivity index (χ2v) is 3.55. The molecular formula is C10H17NO2. The van der Waals surface area contributed by atoms with E-state index in [0.717, 1.165) is 32.1 Å². The van der Waals surface area contributed by atoms with Gasteiger partial charge in [0.2, 0.25) is 0 Å². The van der Waals surface area contributed by atoms with E-state index in [4.69, 9.17) is 10.8 Å². The Hall–Kier alpha value is -0.830. The second-order valence-electron chi connectivity index (χ2n) is 3.55. The van der Waals surface area contributed by atoms with Crippen molar-refractivity contribution in [2.24, 2.45) is 11.7 Å². The van der Waals surface area contributed by atoms with Crippen molar-refractivity contribution in [1.82, 2.24) is 0 Å². The van der Waals surface area contributed by atoms with Crippen molar-refractivity contribution in [3.63, 3.8) is 0 Å². The van der Waals surface area contributed by atoms with Gasteiger partial charge in [-0.15, -0.1) is 0 Å². The molecule has 0 aromatic heterocycles. The molecule has 0 heterocycles. The van der Waals surface area contributed by atoms with E-state index in [1.165, 1.54) is 5.57 Å². The van der Waals surface area contributed by atoms with Gasteiger partial charge in [0, 0.05) is 0 Å². The molecule has 0 bridgehead atoms. The summed E-state index contributed by atoms with van der Waals surface area (Å²) in [7, 11) is 0. The third-order valence-electron chi connectivity index (χ3n) is 2.58. The summed E-state index contributed by atoms with van der Waals surface area (Å²) < 4.78 is 0. The Balaban J connectivity index is 2.34. The van der Waals surface area contributed by atoms with Crippen LogP contribution in [0.15, 0.2) is 11.6 Å². The maximum absolute atomic E-state index is 10.6. The molecule has 0 aliphatic heterocycles. The number of rotatable bonds is 3. The number of carbonyl (C=O) groups is 1. The van der Waals surface area contributed by atoms with E-state index < -0.39 is 5.97 Å². The largest absolute Gasteiger partial charge is 0.481 e. The smallest absolute Gasteiger partial charge is 0.306 e. The molecule has 13 heavy (non-hydrogen) atoms. The lowest BCUT2D eigenvalue weighted by molar-refractivity contribution is -0.142. The van der Waals surface area contributed by atoms with Crippen LogP contribution in [-0.2, 0) is 4.79 Å². The molecule has 74 valence electrons. The topological polar surface area (TPSA) is 63.3 Å². The van der Waals surface area contributed by atoms with Crippen LogP contribution >= 0.6 is 0 Å². The van der Waals surface area contributed by atoms with Gasteiger partial charge >= 0.3 is 5.97 Å². The number of carboxylic acids is 1. The summed E-state index contributed by atoms with van der Waals surface area (Å²) in [5.41, 5.74) is 6.77. The van der Waals surface area contributed by atoms with Gasteiger partial charge in [0.05, 0.1) is 5.92 Å². The maximum atomic E-state index is 10.6. The highest BCUT2D eigenvalue weighted by Gasteiger charge is 2.21. The molecule has 0 radical (unpaired) electrons. The highest BCUT2D eigenvalue weighted by molar-refractivity contribution is 5.70. The minimum absolute atomic E-state index is 0.116. The third kappa shape index (κ3) is 3.19. The van der Waals surface area contributed by atoms with Crippen molar-refractivity contribution >= 4 is 5.97 Å². The summed E-state index contributed by atoms with van der Waals surface area (Å²) in [5.74, 6) is -0.757. The van der Waals surface area contributed by atoms with Crippen molar-refractivity contribution in [3.05, 3.63) is 11.6 Å². The zero-order valence-electron chi connectivity index (χ0n) is 7.83. The van der Waals surface area contributed by atoms with Crippen LogP contribution in [0.4, 0.5) is 0 Å². The predicted octanol–water partition coefficient (Wildman–Crippen LogP) is 1.54. The van der Waals surface area contributed by atoms with Crippen molar-refractivity contribution < 1.29 is 9.90 Å². The molecule has 1 aliphatic carbocycles. The Bertz CT molecular complexity index is 201. The van der Waals surface area contributed by atoms with E-state index in [1.807, 2.05) is 0 Å². The number of hydrogen-bond acceptors (Lipinski definition) is 2. The first-order chi connectivity index (χ1) is 6.24. The summed E-state index contributed by atoms with van der Waals surface area (Å²) in [4.78, 5) is 10.6. The van der Waals surface area contributed by atoms with Gasteiger partial charge in [0.15, 0.2) is 0 Å². The molecule has 3 heteroatoms. The van der Waals surface area contributed by atoms with Crippen LogP contribution in [0.1, 0.15) is 32.1 Å². The first-order valence-electron chi connectivity index (χ1n) is 4.85. The lowest BCUT2D eigenvalue weighted by Crippen LogP contribution is -2.17. The lowest BCUT2D eigenvalue weighted by Gasteiger charge is -2.20. The Morgan fingerprint density at radius 2 is 2.15 bits per heavy atom. The van der Waals surface area contributed by atoms with E-state index in [2.05, 4.69) is 6.08 Å². The van der Waals surface area contributed by atoms with E-state index in [1.54, 1.807) is 0 Å². The molecule has 0 unspecified atom stereocenters. The van der Waals surface area contributed by atoms with Gasteiger partial charge < -0.3 is 10.8 Å². The number of allylic oxidation sites excluding steroid dienone is 1. The molecule has 0 amide bonds. The molecule has 3 N–H and O–H groups in total. The van der Waals surface area contributed by atoms with Crippen LogP contribution in [0, 0.1) is 5.92 Å². The van der Waals surface area contributed by atoms with E-state index >= 15 is 0 Å². The van der Waals surface area contributed by atoms with Crippen LogP contribution in [-0.4, -0.2) is 17.6 Å². The molecule has 1 rings (SSSR count). The standard InChI is InChI=1S/C10H17NO2/c11-7-1-2-8-3-5-9(6-4-8)10(12)13/h2,9H,1,3-7,11H2,(H,12,13). The number of hydrogen-bond donors (Lipinski definition) is 2. The minimum atomic E-state index is -0.641. The molecule has 0 spiro atoms. The summed E-state index contributed by atoms with van der Waals surface area (Å²) in [6, 6.07) is 0. The highest BCUT2D eigenvalue weighted by atomic mass is 16.4. The first-order valence-corrected chi connectivity index (χ1v) is 4.85. The Labute approximate surface area is 78.6 Å². The summed E-state index contributed by atoms with van der Waals surface area (Å²) in [5, 5.41) is 8.76. The van der Waals surface area contributed by atoms with Crippen molar-refractivity contribution in [1.29, 1.82) is 0 Å². The van der Waals surface area contributed by atoms with Crippen molar-refractivity contribution in [3.8, 4) is 0 Å². The minimum Gasteiger partial charge on any atom is -0.481 e. The van der Waals surface area contributed by atoms with Gasteiger partial charge in [0.25, 0.3) is 0 Å². The fraction of sp³-hybridized carbons (Fsp3) is 0.700. The van der Waals surface area contributed by atoms with Crippen molar-refractivity contribution in [2.75, 3.05) is 6.54 Å². The number of carboxylic acid groups (broad SMARTS) is 1. The van der Waals surface area contributed by atoms with Crippen LogP contribution < -0.4 is 5.73 Å². The Morgan fingerprint density at radius 3 is 2.62 bits per heavy atom. The zero-order valence-corrected chi connectivity index (χ0v) is 7.83. The van der Waals surface area contributed by atoms with E-state index in [9.17, 15) is 4.79 Å². The van der Waals surface area contributed by atoms with Gasteiger partial charge in [-0.1, -0.05) is 11.6 Å². The van der Waals surface area contributed by atoms with Crippen LogP contribution in [0.3, 0.4) is 0 Å². The average molecular weight is 183 g/mol. The Morgan fingerprint density at radius 1 is 1.54 bits per heavy atom. The summed E-state index contributed by atoms with van der Waals surface area (Å²) in [6.45, 7) is 0.686. The van der Waals surface area contributed by atoms with Gasteiger partial charge in [-0.3, -0.25) is 4.79 Å². The lowest BCUT2D eigenvalue weighted by atomic mass is 9.85. The average Bonchev–Trinajstić information content (AvgIpc) is 2.15. The SMILES string of the molecule is NCCC=C1CCC(C(=O)O)CC1. The third-order valence-corrected chi connectivity index (χ3v) is 2.58. The normalized spacial score (nSPS) is 22.8. The molecule has 0 aromatic carbocycles. The van der Waals surface area contributed by atoms with Gasteiger partial charge in [-0.05, 0) is 38.6 Å². The van der Waals surface area contributed by atoms with E-state index in [-0.39, 0.29) is 5.92 Å². The molecule has 1 saturated carbocycles. The summed E-state index contributed by atoms with van der Waals surface area (Å²) in [6.07, 6.45) is 6.57. The first kappa shape index (κ1) is 10.3. The molecule has 1 aliphatic rings. The van der Waals surface area contributed by atoms with Gasteiger partial charge in [-0.25, -0.2) is 0 Å². The molecular weight excluding hydrogens is 166 g/mol. The van der Waals surface area contributed by atoms with Crippen LogP contribution in [0.5, 0.6) is 0 Å². The van der Waals surface area contributed by atoms with Crippen LogP contribution in [0.25, 0.3) is 0 Å². The maximum Gasteiger partial charge on any atom is 0.306 e. The fourth-order valence-electron chi connectivity index (χ4n) is 1.73. The molecule has 0 atom stereocenters. The molecule has 3 nitrogen and oxygen atoms in total. The van der Waals surface area contributed by atoms with Gasteiger partial charge in [-0.2, -0.15) is 0 Å². The fourth-order valence-corrected chi connectivity index (χ4v) is 1.73. The number of aliphatic carboxylic acids is 1. The molecule has 0 saturated heterocycles. The summed E-state index contributed by atoms with van der Waals surface area (Å²) >= 11 is 0. The monoisotopic (exact) mass is 183 g/mol. The quantitative estimate of drug-likeness (QED) is 0.652.